The van der Waals surface area contributed by atoms with Crippen LogP contribution >= 0.6 is 15.9 Å². The maximum atomic E-state index is 13.5. The third-order valence-electron chi connectivity index (χ3n) is 5.59. The van der Waals surface area contributed by atoms with E-state index in [1.165, 1.54) is 11.2 Å². The summed E-state index contributed by atoms with van der Waals surface area (Å²) >= 11 is 3.40. The van der Waals surface area contributed by atoms with Crippen LogP contribution in [0.25, 0.3) is 11.0 Å². The first-order valence-electron chi connectivity index (χ1n) is 9.96. The molecule has 1 amide bonds. The van der Waals surface area contributed by atoms with Crippen LogP contribution in [0.5, 0.6) is 0 Å². The molecule has 1 aliphatic rings. The Morgan fingerprint density at radius 2 is 1.91 bits per heavy atom. The normalized spacial score (nSPS) is 16.4. The Bertz CT molecular complexity index is 1410. The fourth-order valence-electron chi connectivity index (χ4n) is 4.04. The minimum atomic E-state index is -0.926. The van der Waals surface area contributed by atoms with Crippen molar-refractivity contribution in [2.45, 2.75) is 19.9 Å². The zero-order valence-electron chi connectivity index (χ0n) is 17.3. The maximum absolute atomic E-state index is 13.5. The summed E-state index contributed by atoms with van der Waals surface area (Å²) in [5.74, 6) is -1.45. The van der Waals surface area contributed by atoms with Gasteiger partial charge in [-0.05, 0) is 67.4 Å². The molecule has 2 aromatic carbocycles. The second-order valence-electron chi connectivity index (χ2n) is 7.77. The number of fused-ring (bicyclic) bond motifs is 1. The zero-order valence-corrected chi connectivity index (χ0v) is 18.8. The maximum Gasteiger partial charge on any atom is 0.294 e. The van der Waals surface area contributed by atoms with Gasteiger partial charge in [-0.3, -0.25) is 14.5 Å². The molecule has 0 aliphatic carbocycles. The molecule has 1 N–H and O–H groups in total. The van der Waals surface area contributed by atoms with Gasteiger partial charge in [0.15, 0.2) is 11.5 Å². The average Bonchev–Trinajstić information content (AvgIpc) is 3.48. The van der Waals surface area contributed by atoms with Crippen molar-refractivity contribution in [3.63, 3.8) is 0 Å². The molecule has 2 aromatic heterocycles. The number of hydrogen-bond donors (Lipinski definition) is 1. The van der Waals surface area contributed by atoms with Gasteiger partial charge in [0, 0.05) is 15.5 Å². The second-order valence-corrected chi connectivity index (χ2v) is 8.68. The number of furan rings is 2. The molecule has 0 radical (unpaired) electrons. The lowest BCUT2D eigenvalue weighted by Gasteiger charge is -2.26. The van der Waals surface area contributed by atoms with Crippen molar-refractivity contribution in [1.29, 1.82) is 0 Å². The smallest absolute Gasteiger partial charge is 0.294 e. The number of carbonyl (C=O) groups is 2. The van der Waals surface area contributed by atoms with E-state index in [-0.39, 0.29) is 11.3 Å². The van der Waals surface area contributed by atoms with Gasteiger partial charge in [-0.1, -0.05) is 28.1 Å². The number of Topliss-reactive ketones (excluding diaryl/α,β-unsaturated/α-hetero) is 1. The number of aryl methyl sites for hydroxylation is 2. The molecule has 160 valence electrons. The fourth-order valence-corrected chi connectivity index (χ4v) is 4.42. The van der Waals surface area contributed by atoms with Crippen molar-refractivity contribution in [1.82, 2.24) is 0 Å². The van der Waals surface area contributed by atoms with E-state index in [1.54, 1.807) is 24.3 Å². The lowest BCUT2D eigenvalue weighted by atomic mass is 9.98. The zero-order chi connectivity index (χ0) is 22.6. The van der Waals surface area contributed by atoms with Gasteiger partial charge in [0.25, 0.3) is 5.91 Å². The van der Waals surface area contributed by atoms with Crippen LogP contribution in [0, 0.1) is 13.8 Å². The number of hydrogen-bond acceptors (Lipinski definition) is 5. The SMILES string of the molecule is Cc1ccc(C)c(N2C(=O)C(O)=C(C(=O)c3cc4cc(Br)ccc4o3)C2c2ccco2)c1. The van der Waals surface area contributed by atoms with Crippen LogP contribution in [0.4, 0.5) is 5.69 Å². The number of aliphatic hydroxyl groups is 1. The molecule has 5 rings (SSSR count). The van der Waals surface area contributed by atoms with Crippen molar-refractivity contribution < 1.29 is 23.5 Å². The first-order valence-corrected chi connectivity index (χ1v) is 10.8. The van der Waals surface area contributed by atoms with E-state index in [0.717, 1.165) is 21.0 Å². The second kappa shape index (κ2) is 7.53. The van der Waals surface area contributed by atoms with Crippen LogP contribution in [0.3, 0.4) is 0 Å². The molecule has 1 aliphatic heterocycles. The number of halogens is 1. The van der Waals surface area contributed by atoms with Crippen molar-refractivity contribution in [2.24, 2.45) is 0 Å². The van der Waals surface area contributed by atoms with Gasteiger partial charge in [-0.15, -0.1) is 0 Å². The van der Waals surface area contributed by atoms with Gasteiger partial charge in [0.2, 0.25) is 5.78 Å². The first-order chi connectivity index (χ1) is 15.3. The van der Waals surface area contributed by atoms with Gasteiger partial charge in [-0.25, -0.2) is 0 Å². The molecule has 1 unspecified atom stereocenters. The standard InChI is InChI=1S/C25H18BrNO5/c1-13-5-6-14(2)17(10-13)27-22(19-4-3-9-31-19)21(24(29)25(27)30)23(28)20-12-15-11-16(26)7-8-18(15)32-20/h3-12,22,29H,1-2H3. The van der Waals surface area contributed by atoms with Crippen molar-refractivity contribution >= 4 is 44.3 Å². The molecule has 0 saturated carbocycles. The van der Waals surface area contributed by atoms with Crippen molar-refractivity contribution in [2.75, 3.05) is 4.90 Å². The summed E-state index contributed by atoms with van der Waals surface area (Å²) in [6.07, 6.45) is 1.47. The largest absolute Gasteiger partial charge is 0.503 e. The summed E-state index contributed by atoms with van der Waals surface area (Å²) in [7, 11) is 0. The highest BCUT2D eigenvalue weighted by Gasteiger charge is 2.47. The Hall–Kier alpha value is -3.58. The molecule has 4 aromatic rings. The van der Waals surface area contributed by atoms with E-state index < -0.39 is 23.5 Å². The van der Waals surface area contributed by atoms with Crippen LogP contribution in [-0.4, -0.2) is 16.8 Å². The summed E-state index contributed by atoms with van der Waals surface area (Å²) < 4.78 is 12.2. The lowest BCUT2D eigenvalue weighted by molar-refractivity contribution is -0.117. The van der Waals surface area contributed by atoms with Gasteiger partial charge >= 0.3 is 0 Å². The number of ketones is 1. The van der Waals surface area contributed by atoms with E-state index >= 15 is 0 Å². The van der Waals surface area contributed by atoms with E-state index in [0.29, 0.717) is 17.0 Å². The lowest BCUT2D eigenvalue weighted by Crippen LogP contribution is -2.31. The molecule has 7 heteroatoms. The van der Waals surface area contributed by atoms with E-state index in [1.807, 2.05) is 44.2 Å². The Balaban J connectivity index is 1.66. The highest BCUT2D eigenvalue weighted by Crippen LogP contribution is 2.43. The van der Waals surface area contributed by atoms with Crippen LogP contribution in [0.2, 0.25) is 0 Å². The van der Waals surface area contributed by atoms with E-state index in [4.69, 9.17) is 8.83 Å². The summed E-state index contributed by atoms with van der Waals surface area (Å²) in [5.41, 5.74) is 2.82. The van der Waals surface area contributed by atoms with Crippen LogP contribution in [-0.2, 0) is 4.79 Å². The molecule has 0 bridgehead atoms. The molecule has 0 fully saturated rings. The molecule has 32 heavy (non-hydrogen) atoms. The number of rotatable bonds is 4. The minimum Gasteiger partial charge on any atom is -0.503 e. The monoisotopic (exact) mass is 491 g/mol. The molecular formula is C25H18BrNO5. The Kier molecular flexibility index (Phi) is 4.78. The number of anilines is 1. The third-order valence-corrected chi connectivity index (χ3v) is 6.09. The predicted molar refractivity (Wildman–Crippen MR) is 123 cm³/mol. The Morgan fingerprint density at radius 1 is 1.09 bits per heavy atom. The van der Waals surface area contributed by atoms with Gasteiger partial charge < -0.3 is 13.9 Å². The Labute approximate surface area is 191 Å². The molecule has 0 saturated heterocycles. The van der Waals surface area contributed by atoms with Crippen molar-refractivity contribution in [3.05, 3.63) is 99.3 Å². The number of carbonyl (C=O) groups excluding carboxylic acids is 2. The topological polar surface area (TPSA) is 83.9 Å². The van der Waals surface area contributed by atoms with Gasteiger partial charge in [0.1, 0.15) is 17.4 Å². The van der Waals surface area contributed by atoms with Gasteiger partial charge in [-0.2, -0.15) is 0 Å². The fraction of sp³-hybridized carbons (Fsp3) is 0.120. The molecule has 1 atom stereocenters. The molecule has 3 heterocycles. The molecule has 6 nitrogen and oxygen atoms in total. The van der Waals surface area contributed by atoms with Crippen molar-refractivity contribution in [3.8, 4) is 0 Å². The number of amides is 1. The highest BCUT2D eigenvalue weighted by atomic mass is 79.9. The predicted octanol–water partition coefficient (Wildman–Crippen LogP) is 6.19. The third kappa shape index (κ3) is 3.17. The summed E-state index contributed by atoms with van der Waals surface area (Å²) in [4.78, 5) is 28.2. The Morgan fingerprint density at radius 3 is 2.66 bits per heavy atom. The van der Waals surface area contributed by atoms with Gasteiger partial charge in [0.05, 0.1) is 11.8 Å². The minimum absolute atomic E-state index is 0.0341. The van der Waals surface area contributed by atoms with Crippen LogP contribution in [0.15, 0.2) is 85.5 Å². The summed E-state index contributed by atoms with van der Waals surface area (Å²) in [6, 6.07) is 15.1. The number of aliphatic hydroxyl groups excluding tert-OH is 1. The molecular weight excluding hydrogens is 474 g/mol. The molecule has 0 spiro atoms. The first kappa shape index (κ1) is 20.3. The highest BCUT2D eigenvalue weighted by molar-refractivity contribution is 9.10. The number of benzene rings is 2. The van der Waals surface area contributed by atoms with Crippen LogP contribution < -0.4 is 4.90 Å². The van der Waals surface area contributed by atoms with Crippen LogP contribution in [0.1, 0.15) is 33.5 Å². The summed E-state index contributed by atoms with van der Waals surface area (Å²) in [5, 5.41) is 11.6. The quantitative estimate of drug-likeness (QED) is 0.344. The average molecular weight is 492 g/mol. The van der Waals surface area contributed by atoms with E-state index in [2.05, 4.69) is 15.9 Å². The van der Waals surface area contributed by atoms with E-state index in [9.17, 15) is 14.7 Å². The summed E-state index contributed by atoms with van der Waals surface area (Å²) in [6.45, 7) is 3.78. The number of nitrogens with zero attached hydrogens (tertiary/aromatic N) is 1.